The van der Waals surface area contributed by atoms with Gasteiger partial charge in [0.05, 0.1) is 6.42 Å². The van der Waals surface area contributed by atoms with E-state index in [0.29, 0.717) is 12.8 Å². The van der Waals surface area contributed by atoms with E-state index in [0.717, 1.165) is 47.9 Å². The monoisotopic (exact) mass is 462 g/mol. The second-order valence-corrected chi connectivity index (χ2v) is 9.76. The van der Waals surface area contributed by atoms with E-state index in [9.17, 15) is 14.4 Å². The van der Waals surface area contributed by atoms with Gasteiger partial charge >= 0.3 is 12.1 Å². The van der Waals surface area contributed by atoms with Crippen molar-refractivity contribution in [2.24, 2.45) is 5.92 Å². The van der Waals surface area contributed by atoms with Crippen molar-refractivity contribution in [2.45, 2.75) is 62.4 Å². The van der Waals surface area contributed by atoms with Gasteiger partial charge in [-0.25, -0.2) is 4.79 Å². The van der Waals surface area contributed by atoms with Crippen molar-refractivity contribution in [2.75, 3.05) is 6.61 Å². The molecule has 2 saturated carbocycles. The maximum Gasteiger partial charge on any atom is 0.408 e. The summed E-state index contributed by atoms with van der Waals surface area (Å²) < 4.78 is 5.66. The Morgan fingerprint density at radius 2 is 1.59 bits per heavy atom. The molecule has 3 N–H and O–H groups in total. The van der Waals surface area contributed by atoms with E-state index in [1.54, 1.807) is 0 Å². The topological polar surface area (TPSA) is 105 Å². The van der Waals surface area contributed by atoms with Crippen LogP contribution in [0.3, 0.4) is 0 Å². The number of rotatable bonds is 7. The van der Waals surface area contributed by atoms with Gasteiger partial charge in [-0.15, -0.1) is 0 Å². The van der Waals surface area contributed by atoms with Gasteiger partial charge in [0.2, 0.25) is 5.91 Å². The largest absolute Gasteiger partial charge is 0.481 e. The maximum atomic E-state index is 13.1. The van der Waals surface area contributed by atoms with Crippen LogP contribution in [0.15, 0.2) is 48.5 Å². The normalized spacial score (nSPS) is 22.2. The quantitative estimate of drug-likeness (QED) is 0.572. The average molecular weight is 463 g/mol. The highest BCUT2D eigenvalue weighted by Gasteiger charge is 2.47. The van der Waals surface area contributed by atoms with Gasteiger partial charge in [0.25, 0.3) is 0 Å². The predicted octanol–water partition coefficient (Wildman–Crippen LogP) is 4.21. The molecule has 3 aliphatic carbocycles. The highest BCUT2D eigenvalue weighted by atomic mass is 16.5. The summed E-state index contributed by atoms with van der Waals surface area (Å²) >= 11 is 0. The lowest BCUT2D eigenvalue weighted by molar-refractivity contribution is -0.139. The van der Waals surface area contributed by atoms with Gasteiger partial charge < -0.3 is 20.5 Å². The molecule has 2 amide bonds. The van der Waals surface area contributed by atoms with Crippen LogP contribution < -0.4 is 10.6 Å². The lowest BCUT2D eigenvalue weighted by Crippen LogP contribution is -2.64. The fourth-order valence-electron chi connectivity index (χ4n) is 5.77. The molecule has 5 rings (SSSR count). The van der Waals surface area contributed by atoms with Crippen molar-refractivity contribution in [1.82, 2.24) is 10.6 Å². The summed E-state index contributed by atoms with van der Waals surface area (Å²) in [6.45, 7) is 0.195. The number of amides is 2. The Hall–Kier alpha value is -3.35. The molecule has 2 fully saturated rings. The summed E-state index contributed by atoms with van der Waals surface area (Å²) in [7, 11) is 0. The molecule has 7 nitrogen and oxygen atoms in total. The number of benzene rings is 2. The van der Waals surface area contributed by atoms with Gasteiger partial charge in [-0.05, 0) is 60.3 Å². The van der Waals surface area contributed by atoms with Crippen molar-refractivity contribution >= 4 is 18.0 Å². The van der Waals surface area contributed by atoms with Crippen molar-refractivity contribution in [3.63, 3.8) is 0 Å². The molecule has 0 saturated heterocycles. The van der Waals surface area contributed by atoms with E-state index < -0.39 is 17.6 Å². The smallest absolute Gasteiger partial charge is 0.408 e. The molecule has 7 heteroatoms. The van der Waals surface area contributed by atoms with Crippen LogP contribution >= 0.6 is 0 Å². The Bertz CT molecular complexity index is 1060. The van der Waals surface area contributed by atoms with E-state index in [-0.39, 0.29) is 36.8 Å². The number of carbonyl (C=O) groups excluding carboxylic acids is 2. The van der Waals surface area contributed by atoms with E-state index in [1.807, 2.05) is 24.3 Å². The summed E-state index contributed by atoms with van der Waals surface area (Å²) in [5, 5.41) is 15.0. The fraction of sp³-hybridized carbons (Fsp3) is 0.444. The number of aliphatic carboxylic acids is 1. The Kier molecular flexibility index (Phi) is 6.02. The first kappa shape index (κ1) is 22.4. The highest BCUT2D eigenvalue weighted by Crippen LogP contribution is 2.44. The predicted molar refractivity (Wildman–Crippen MR) is 126 cm³/mol. The zero-order valence-electron chi connectivity index (χ0n) is 19.1. The number of carboxylic acid groups (broad SMARTS) is 1. The van der Waals surface area contributed by atoms with Gasteiger partial charge in [0.15, 0.2) is 0 Å². The number of hydrogen-bond acceptors (Lipinski definition) is 4. The molecule has 0 radical (unpaired) electrons. The Morgan fingerprint density at radius 1 is 0.941 bits per heavy atom. The van der Waals surface area contributed by atoms with E-state index in [2.05, 4.69) is 34.9 Å². The van der Waals surface area contributed by atoms with Gasteiger partial charge in [0, 0.05) is 12.0 Å². The lowest BCUT2D eigenvalue weighted by atomic mass is 9.75. The summed E-state index contributed by atoms with van der Waals surface area (Å²) in [6.07, 6.45) is 3.88. The molecule has 178 valence electrons. The zero-order valence-corrected chi connectivity index (χ0v) is 19.1. The number of hydrogen-bond donors (Lipinski definition) is 3. The number of fused-ring (bicyclic) bond motifs is 3. The highest BCUT2D eigenvalue weighted by molar-refractivity contribution is 5.91. The lowest BCUT2D eigenvalue weighted by Gasteiger charge is -2.41. The zero-order chi connectivity index (χ0) is 23.7. The second kappa shape index (κ2) is 9.12. The minimum Gasteiger partial charge on any atom is -0.481 e. The van der Waals surface area contributed by atoms with Crippen LogP contribution in [0.25, 0.3) is 11.1 Å². The molecular formula is C27H30N2O5. The van der Waals surface area contributed by atoms with Crippen LogP contribution in [0.2, 0.25) is 0 Å². The first-order chi connectivity index (χ1) is 16.5. The van der Waals surface area contributed by atoms with E-state index in [4.69, 9.17) is 9.84 Å². The Morgan fingerprint density at radius 3 is 2.18 bits per heavy atom. The number of nitrogens with one attached hydrogen (secondary N) is 2. The summed E-state index contributed by atoms with van der Waals surface area (Å²) in [5.74, 6) is -1.18. The van der Waals surface area contributed by atoms with Crippen molar-refractivity contribution < 1.29 is 24.2 Å². The minimum atomic E-state index is -0.973. The third kappa shape index (κ3) is 4.15. The summed E-state index contributed by atoms with van der Waals surface area (Å²) in [5.41, 5.74) is 3.62. The van der Waals surface area contributed by atoms with Gasteiger partial charge in [-0.1, -0.05) is 55.0 Å². The number of ether oxygens (including phenoxy) is 1. The molecular weight excluding hydrogens is 432 g/mol. The maximum absolute atomic E-state index is 13.1. The standard InChI is InChI=1S/C27H30N2O5/c30-24(31)15-17-7-5-12-23(17)28-25(32)27(13-6-14-27)29-26(33)34-16-22-20-10-3-1-8-18(20)19-9-2-4-11-21(19)22/h1-4,8-11,17,22-23H,5-7,12-16H2,(H,28,32)(H,29,33)(H,30,31). The fourth-order valence-corrected chi connectivity index (χ4v) is 5.77. The minimum absolute atomic E-state index is 0.0421. The first-order valence-corrected chi connectivity index (χ1v) is 12.1. The van der Waals surface area contributed by atoms with Crippen LogP contribution in [0.1, 0.15) is 62.0 Å². The molecule has 0 aromatic heterocycles. The molecule has 34 heavy (non-hydrogen) atoms. The molecule has 2 unspecified atom stereocenters. The molecule has 0 aliphatic heterocycles. The number of alkyl carbamates (subject to hydrolysis) is 1. The van der Waals surface area contributed by atoms with Crippen molar-refractivity contribution in [3.8, 4) is 11.1 Å². The van der Waals surface area contributed by atoms with Crippen molar-refractivity contribution in [3.05, 3.63) is 59.7 Å². The van der Waals surface area contributed by atoms with Crippen LogP contribution in [-0.2, 0) is 14.3 Å². The average Bonchev–Trinajstić information content (AvgIpc) is 3.36. The van der Waals surface area contributed by atoms with Crippen LogP contribution in [0.5, 0.6) is 0 Å². The molecule has 2 aromatic carbocycles. The van der Waals surface area contributed by atoms with Gasteiger partial charge in [-0.3, -0.25) is 9.59 Å². The number of carboxylic acids is 1. The van der Waals surface area contributed by atoms with Crippen molar-refractivity contribution in [1.29, 1.82) is 0 Å². The van der Waals surface area contributed by atoms with E-state index in [1.165, 1.54) is 0 Å². The Balaban J connectivity index is 1.22. The summed E-state index contributed by atoms with van der Waals surface area (Å²) in [4.78, 5) is 37.1. The van der Waals surface area contributed by atoms with Crippen LogP contribution in [0.4, 0.5) is 4.79 Å². The molecule has 0 heterocycles. The second-order valence-electron chi connectivity index (χ2n) is 9.76. The molecule has 0 bridgehead atoms. The van der Waals surface area contributed by atoms with Crippen LogP contribution in [-0.4, -0.2) is 41.3 Å². The third-order valence-electron chi connectivity index (χ3n) is 7.74. The number of carbonyl (C=O) groups is 3. The van der Waals surface area contributed by atoms with E-state index >= 15 is 0 Å². The third-order valence-corrected chi connectivity index (χ3v) is 7.74. The molecule has 2 aromatic rings. The summed E-state index contributed by atoms with van der Waals surface area (Å²) in [6, 6.07) is 16.1. The van der Waals surface area contributed by atoms with Gasteiger partial charge in [-0.2, -0.15) is 0 Å². The van der Waals surface area contributed by atoms with Crippen LogP contribution in [0, 0.1) is 5.92 Å². The SMILES string of the molecule is O=C(O)CC1CCCC1NC(=O)C1(NC(=O)OCC2c3ccccc3-c3ccccc32)CCC1. The van der Waals surface area contributed by atoms with Gasteiger partial charge in [0.1, 0.15) is 12.1 Å². The first-order valence-electron chi connectivity index (χ1n) is 12.1. The molecule has 2 atom stereocenters. The molecule has 3 aliphatic rings. The Labute approximate surface area is 198 Å². The molecule has 0 spiro atoms.